The number of carboxylic acid groups (broad SMARTS) is 1. The standard InChI is InChI=1S/C15H15BO5S/c1-9-4-2-3-5-12(9)22(20,21)8-10-6-7-11(16)14(17)13(10)15(18)19/h2-3,5-7,9,17H,4,8H2,1H3,(H,18,19). The van der Waals surface area contributed by atoms with Crippen LogP contribution in [0.3, 0.4) is 0 Å². The number of hydrogen-bond acceptors (Lipinski definition) is 4. The fourth-order valence-electron chi connectivity index (χ4n) is 2.43. The number of hydrogen-bond donors (Lipinski definition) is 2. The van der Waals surface area contributed by atoms with Gasteiger partial charge in [-0.1, -0.05) is 36.7 Å². The van der Waals surface area contributed by atoms with Crippen LogP contribution >= 0.6 is 0 Å². The average molecular weight is 318 g/mol. The van der Waals surface area contributed by atoms with Crippen LogP contribution in [0.5, 0.6) is 5.75 Å². The quantitative estimate of drug-likeness (QED) is 0.816. The number of benzene rings is 1. The molecule has 0 aromatic heterocycles. The molecule has 0 saturated heterocycles. The lowest BCUT2D eigenvalue weighted by molar-refractivity contribution is 0.0693. The Morgan fingerprint density at radius 3 is 2.68 bits per heavy atom. The molecule has 0 heterocycles. The van der Waals surface area contributed by atoms with Gasteiger partial charge in [-0.05, 0) is 24.0 Å². The molecule has 1 aromatic carbocycles. The minimum atomic E-state index is -3.68. The van der Waals surface area contributed by atoms with Crippen LogP contribution in [0.2, 0.25) is 0 Å². The maximum atomic E-state index is 12.5. The second-order valence-corrected chi connectivity index (χ2v) is 7.23. The van der Waals surface area contributed by atoms with E-state index in [1.165, 1.54) is 18.2 Å². The van der Waals surface area contributed by atoms with E-state index in [-0.39, 0.29) is 21.8 Å². The lowest BCUT2D eigenvalue weighted by atomic mass is 9.90. The fraction of sp³-hybridized carbons (Fsp3) is 0.267. The molecule has 5 nitrogen and oxygen atoms in total. The normalized spacial score (nSPS) is 18.0. The van der Waals surface area contributed by atoms with Crippen LogP contribution in [0.1, 0.15) is 29.3 Å². The summed E-state index contributed by atoms with van der Waals surface area (Å²) in [6.07, 6.45) is 5.69. The van der Waals surface area contributed by atoms with Crippen molar-refractivity contribution in [2.75, 3.05) is 0 Å². The van der Waals surface area contributed by atoms with E-state index >= 15 is 0 Å². The number of sulfone groups is 1. The van der Waals surface area contributed by atoms with Crippen LogP contribution in [0, 0.1) is 5.92 Å². The van der Waals surface area contributed by atoms with E-state index in [2.05, 4.69) is 0 Å². The molecule has 0 fully saturated rings. The van der Waals surface area contributed by atoms with Crippen LogP contribution in [0.4, 0.5) is 0 Å². The van der Waals surface area contributed by atoms with Crippen LogP contribution in [-0.2, 0) is 15.6 Å². The molecule has 2 radical (unpaired) electrons. The van der Waals surface area contributed by atoms with Gasteiger partial charge >= 0.3 is 5.97 Å². The zero-order valence-corrected chi connectivity index (χ0v) is 12.8. The van der Waals surface area contributed by atoms with Gasteiger partial charge in [0.25, 0.3) is 0 Å². The summed E-state index contributed by atoms with van der Waals surface area (Å²) in [6.45, 7) is 1.80. The summed E-state index contributed by atoms with van der Waals surface area (Å²) in [5.74, 6) is -2.68. The Balaban J connectivity index is 2.47. The minimum absolute atomic E-state index is 0.0156. The Morgan fingerprint density at radius 2 is 2.09 bits per heavy atom. The van der Waals surface area contributed by atoms with Gasteiger partial charge in [0.05, 0.1) is 5.75 Å². The van der Waals surface area contributed by atoms with Gasteiger partial charge in [0.1, 0.15) is 19.2 Å². The Hall–Kier alpha value is -2.02. The molecule has 1 aliphatic carbocycles. The third-order valence-electron chi connectivity index (χ3n) is 3.59. The van der Waals surface area contributed by atoms with Crippen LogP contribution in [-0.4, -0.2) is 32.4 Å². The van der Waals surface area contributed by atoms with Crippen LogP contribution < -0.4 is 5.46 Å². The number of aromatic carboxylic acids is 1. The summed E-state index contributed by atoms with van der Waals surface area (Å²) in [5, 5.41) is 19.0. The molecule has 1 aliphatic rings. The van der Waals surface area contributed by atoms with E-state index in [4.69, 9.17) is 7.85 Å². The zero-order valence-electron chi connectivity index (χ0n) is 12.0. The van der Waals surface area contributed by atoms with Gasteiger partial charge in [-0.3, -0.25) is 0 Å². The first-order chi connectivity index (χ1) is 10.2. The van der Waals surface area contributed by atoms with Crippen molar-refractivity contribution in [3.05, 3.63) is 46.4 Å². The second-order valence-electron chi connectivity index (χ2n) is 5.24. The summed E-state index contributed by atoms with van der Waals surface area (Å²) >= 11 is 0. The zero-order chi connectivity index (χ0) is 16.5. The van der Waals surface area contributed by atoms with Crippen molar-refractivity contribution in [3.8, 4) is 5.75 Å². The Morgan fingerprint density at radius 1 is 1.41 bits per heavy atom. The third kappa shape index (κ3) is 3.09. The molecule has 2 N–H and O–H groups in total. The molecule has 0 spiro atoms. The molecule has 0 aliphatic heterocycles. The molecule has 7 heteroatoms. The van der Waals surface area contributed by atoms with Crippen molar-refractivity contribution in [1.82, 2.24) is 0 Å². The van der Waals surface area contributed by atoms with Crippen molar-refractivity contribution in [3.63, 3.8) is 0 Å². The fourth-order valence-corrected chi connectivity index (χ4v) is 4.24. The smallest absolute Gasteiger partial charge is 0.339 e. The molecular formula is C15H15BO5S. The largest absolute Gasteiger partial charge is 0.508 e. The van der Waals surface area contributed by atoms with Gasteiger partial charge in [-0.15, -0.1) is 0 Å². The number of carbonyl (C=O) groups is 1. The van der Waals surface area contributed by atoms with E-state index in [1.54, 1.807) is 13.0 Å². The molecule has 0 saturated carbocycles. The van der Waals surface area contributed by atoms with E-state index in [9.17, 15) is 23.4 Å². The Bertz CT molecular complexity index is 777. The number of rotatable bonds is 4. The van der Waals surface area contributed by atoms with Gasteiger partial charge in [0.2, 0.25) is 0 Å². The van der Waals surface area contributed by atoms with Crippen molar-refractivity contribution in [2.24, 2.45) is 5.92 Å². The van der Waals surface area contributed by atoms with E-state index in [0.29, 0.717) is 6.42 Å². The molecule has 1 unspecified atom stereocenters. The first-order valence-corrected chi connectivity index (χ1v) is 8.32. The van der Waals surface area contributed by atoms with Crippen LogP contribution in [0.25, 0.3) is 0 Å². The van der Waals surface area contributed by atoms with Crippen molar-refractivity contribution in [2.45, 2.75) is 19.1 Å². The summed E-state index contributed by atoms with van der Waals surface area (Å²) in [7, 11) is 1.80. The highest BCUT2D eigenvalue weighted by atomic mass is 32.2. The van der Waals surface area contributed by atoms with Gasteiger partial charge < -0.3 is 10.2 Å². The number of allylic oxidation sites excluding steroid dienone is 4. The topological polar surface area (TPSA) is 91.7 Å². The van der Waals surface area contributed by atoms with E-state index in [0.717, 1.165) is 0 Å². The Labute approximate surface area is 130 Å². The van der Waals surface area contributed by atoms with Gasteiger partial charge in [-0.25, -0.2) is 13.2 Å². The predicted molar refractivity (Wildman–Crippen MR) is 84.1 cm³/mol. The minimum Gasteiger partial charge on any atom is -0.508 e. The first-order valence-electron chi connectivity index (χ1n) is 6.67. The highest BCUT2D eigenvalue weighted by molar-refractivity contribution is 7.94. The summed E-state index contributed by atoms with van der Waals surface area (Å²) in [4.78, 5) is 11.6. The first kappa shape index (κ1) is 16.4. The monoisotopic (exact) mass is 318 g/mol. The molecule has 0 amide bonds. The molecule has 0 bridgehead atoms. The lowest BCUT2D eigenvalue weighted by Gasteiger charge is -2.18. The van der Waals surface area contributed by atoms with Crippen LogP contribution in [0.15, 0.2) is 35.3 Å². The van der Waals surface area contributed by atoms with Crippen molar-refractivity contribution < 1.29 is 23.4 Å². The SMILES string of the molecule is [B]c1ccc(CS(=O)(=O)C2=CC=CCC2C)c(C(=O)O)c1O. The summed E-state index contributed by atoms with van der Waals surface area (Å²) < 4.78 is 25.1. The number of carboxylic acids is 1. The molecule has 114 valence electrons. The highest BCUT2D eigenvalue weighted by Crippen LogP contribution is 2.29. The van der Waals surface area contributed by atoms with Crippen molar-refractivity contribution >= 4 is 29.1 Å². The van der Waals surface area contributed by atoms with Gasteiger partial charge in [-0.2, -0.15) is 0 Å². The number of aromatic hydroxyl groups is 1. The maximum absolute atomic E-state index is 12.5. The maximum Gasteiger partial charge on any atom is 0.339 e. The molecule has 1 atom stereocenters. The average Bonchev–Trinajstić information content (AvgIpc) is 2.42. The molecule has 1 aromatic rings. The molecule has 2 rings (SSSR count). The molecular weight excluding hydrogens is 303 g/mol. The van der Waals surface area contributed by atoms with Crippen molar-refractivity contribution in [1.29, 1.82) is 0 Å². The lowest BCUT2D eigenvalue weighted by Crippen LogP contribution is -2.18. The van der Waals surface area contributed by atoms with Gasteiger partial charge in [0.15, 0.2) is 9.84 Å². The predicted octanol–water partition coefficient (Wildman–Crippen LogP) is 1.28. The Kier molecular flexibility index (Phi) is 4.46. The van der Waals surface area contributed by atoms with Gasteiger partial charge in [0, 0.05) is 4.91 Å². The second kappa shape index (κ2) is 6.00. The third-order valence-corrected chi connectivity index (χ3v) is 5.53. The highest BCUT2D eigenvalue weighted by Gasteiger charge is 2.27. The van der Waals surface area contributed by atoms with E-state index in [1.807, 2.05) is 6.08 Å². The summed E-state index contributed by atoms with van der Waals surface area (Å²) in [5.41, 5.74) is -0.559. The number of phenols is 1. The molecule has 22 heavy (non-hydrogen) atoms. The summed E-state index contributed by atoms with van der Waals surface area (Å²) in [6, 6.07) is 2.62. The van der Waals surface area contributed by atoms with E-state index < -0.39 is 32.9 Å².